The minimum absolute atomic E-state index is 0.336. The van der Waals surface area contributed by atoms with E-state index in [1.807, 2.05) is 30.3 Å². The first-order chi connectivity index (χ1) is 12.6. The van der Waals surface area contributed by atoms with Crippen LogP contribution in [0.15, 0.2) is 71.0 Å². The Morgan fingerprint density at radius 1 is 1.00 bits per heavy atom. The van der Waals surface area contributed by atoms with Gasteiger partial charge in [0.25, 0.3) is 5.56 Å². The summed E-state index contributed by atoms with van der Waals surface area (Å²) in [6.07, 6.45) is 4.25. The van der Waals surface area contributed by atoms with Gasteiger partial charge in [0.1, 0.15) is 11.7 Å². The lowest BCUT2D eigenvalue weighted by Crippen LogP contribution is -2.17. The van der Waals surface area contributed by atoms with E-state index in [2.05, 4.69) is 15.2 Å². The first-order valence-electron chi connectivity index (χ1n) is 7.64. The van der Waals surface area contributed by atoms with Gasteiger partial charge >= 0.3 is 0 Å². The first-order valence-corrected chi connectivity index (χ1v) is 8.40. The summed E-state index contributed by atoms with van der Waals surface area (Å²) in [6.45, 7) is 0. The first kappa shape index (κ1) is 16.5. The smallest absolute Gasteiger partial charge is 0.266 e. The van der Waals surface area contributed by atoms with Crippen molar-refractivity contribution in [3.05, 3.63) is 87.0 Å². The zero-order chi connectivity index (χ0) is 18.1. The maximum absolute atomic E-state index is 12.7. The number of fused-ring (bicyclic) bond motifs is 1. The van der Waals surface area contributed by atoms with Crippen LogP contribution in [0.4, 0.5) is 0 Å². The molecule has 4 rings (SSSR count). The number of para-hydroxylation sites is 1. The van der Waals surface area contributed by atoms with E-state index in [1.54, 1.807) is 22.9 Å². The molecule has 0 fully saturated rings. The summed E-state index contributed by atoms with van der Waals surface area (Å²) >= 11 is 12.2. The van der Waals surface area contributed by atoms with Gasteiger partial charge in [-0.25, -0.2) is 9.67 Å². The number of hydrogen-bond acceptors (Lipinski definition) is 4. The fourth-order valence-electron chi connectivity index (χ4n) is 2.50. The Balaban J connectivity index is 1.78. The third-order valence-electron chi connectivity index (χ3n) is 3.78. The monoisotopic (exact) mass is 383 g/mol. The van der Waals surface area contributed by atoms with Gasteiger partial charge in [0, 0.05) is 5.56 Å². The number of hydrogen-bond donors (Lipinski definition) is 0. The molecule has 2 aromatic carbocycles. The van der Waals surface area contributed by atoms with E-state index in [0.29, 0.717) is 26.6 Å². The standard InChI is InChI=1S/C18H11Cl2N5O/c19-15-7-4-8-16(20)13(15)9-22-24-11-21-17-14(18(24)26)10-23-25(17)12-5-2-1-3-6-12/h1-11H/b22-9+. The molecule has 26 heavy (non-hydrogen) atoms. The van der Waals surface area contributed by atoms with Gasteiger partial charge in [-0.15, -0.1) is 0 Å². The van der Waals surface area contributed by atoms with Crippen molar-refractivity contribution in [1.82, 2.24) is 19.4 Å². The number of benzene rings is 2. The Kier molecular flexibility index (Phi) is 4.28. The minimum atomic E-state index is -0.336. The quantitative estimate of drug-likeness (QED) is 0.505. The van der Waals surface area contributed by atoms with Crippen molar-refractivity contribution in [2.24, 2.45) is 5.10 Å². The summed E-state index contributed by atoms with van der Waals surface area (Å²) in [5.74, 6) is 0. The van der Waals surface area contributed by atoms with Crippen molar-refractivity contribution in [3.63, 3.8) is 0 Å². The summed E-state index contributed by atoms with van der Waals surface area (Å²) in [5.41, 5.74) is 1.47. The highest BCUT2D eigenvalue weighted by Crippen LogP contribution is 2.22. The van der Waals surface area contributed by atoms with Crippen molar-refractivity contribution in [2.75, 3.05) is 0 Å². The van der Waals surface area contributed by atoms with Gasteiger partial charge < -0.3 is 0 Å². The Labute approximate surface area is 157 Å². The maximum Gasteiger partial charge on any atom is 0.285 e. The van der Waals surface area contributed by atoms with Crippen LogP contribution in [0.5, 0.6) is 0 Å². The summed E-state index contributed by atoms with van der Waals surface area (Å²) in [5, 5.41) is 9.65. The fourth-order valence-corrected chi connectivity index (χ4v) is 2.99. The second kappa shape index (κ2) is 6.74. The van der Waals surface area contributed by atoms with E-state index < -0.39 is 0 Å². The van der Waals surface area contributed by atoms with Gasteiger partial charge in [0.05, 0.1) is 28.1 Å². The molecule has 0 saturated heterocycles. The van der Waals surface area contributed by atoms with Crippen LogP contribution in [-0.2, 0) is 0 Å². The van der Waals surface area contributed by atoms with Crippen molar-refractivity contribution in [1.29, 1.82) is 0 Å². The van der Waals surface area contributed by atoms with Gasteiger partial charge in [0.2, 0.25) is 0 Å². The van der Waals surface area contributed by atoms with Crippen molar-refractivity contribution < 1.29 is 0 Å². The Morgan fingerprint density at radius 3 is 2.46 bits per heavy atom. The highest BCUT2D eigenvalue weighted by molar-refractivity contribution is 6.38. The molecule has 0 saturated carbocycles. The van der Waals surface area contributed by atoms with E-state index in [0.717, 1.165) is 10.4 Å². The number of rotatable bonds is 3. The van der Waals surface area contributed by atoms with Gasteiger partial charge in [-0.1, -0.05) is 47.5 Å². The molecule has 2 heterocycles. The van der Waals surface area contributed by atoms with Crippen LogP contribution >= 0.6 is 23.2 Å². The topological polar surface area (TPSA) is 65.1 Å². The lowest BCUT2D eigenvalue weighted by atomic mass is 10.2. The molecule has 128 valence electrons. The van der Waals surface area contributed by atoms with Crippen molar-refractivity contribution in [3.8, 4) is 5.69 Å². The summed E-state index contributed by atoms with van der Waals surface area (Å²) in [6, 6.07) is 14.6. The van der Waals surface area contributed by atoms with E-state index in [-0.39, 0.29) is 5.56 Å². The number of halogens is 2. The second-order valence-electron chi connectivity index (χ2n) is 5.40. The third-order valence-corrected chi connectivity index (χ3v) is 4.44. The molecular formula is C18H11Cl2N5O. The van der Waals surface area contributed by atoms with Gasteiger partial charge in [-0.2, -0.15) is 14.9 Å². The van der Waals surface area contributed by atoms with Gasteiger partial charge in [0.15, 0.2) is 5.65 Å². The largest absolute Gasteiger partial charge is 0.285 e. The fraction of sp³-hybridized carbons (Fsp3) is 0. The van der Waals surface area contributed by atoms with E-state index >= 15 is 0 Å². The molecule has 6 nitrogen and oxygen atoms in total. The summed E-state index contributed by atoms with van der Waals surface area (Å²) in [7, 11) is 0. The van der Waals surface area contributed by atoms with Crippen LogP contribution in [0.3, 0.4) is 0 Å². The van der Waals surface area contributed by atoms with Gasteiger partial charge in [-0.05, 0) is 24.3 Å². The highest BCUT2D eigenvalue weighted by atomic mass is 35.5. The number of aromatic nitrogens is 4. The van der Waals surface area contributed by atoms with Crippen LogP contribution in [0.1, 0.15) is 5.56 Å². The molecule has 0 radical (unpaired) electrons. The van der Waals surface area contributed by atoms with E-state index in [9.17, 15) is 4.79 Å². The second-order valence-corrected chi connectivity index (χ2v) is 6.22. The van der Waals surface area contributed by atoms with Crippen LogP contribution in [0.2, 0.25) is 10.0 Å². The molecule has 0 aliphatic rings. The SMILES string of the molecule is O=c1c2cnn(-c3ccccc3)c2ncn1/N=C/c1c(Cl)cccc1Cl. The van der Waals surface area contributed by atoms with Crippen LogP contribution < -0.4 is 5.56 Å². The average molecular weight is 384 g/mol. The summed E-state index contributed by atoms with van der Waals surface area (Å²) < 4.78 is 2.73. The highest BCUT2D eigenvalue weighted by Gasteiger charge is 2.11. The predicted octanol–water partition coefficient (Wildman–Crippen LogP) is 3.77. The molecule has 0 aliphatic heterocycles. The van der Waals surface area contributed by atoms with Crippen LogP contribution in [0, 0.1) is 0 Å². The van der Waals surface area contributed by atoms with Crippen molar-refractivity contribution >= 4 is 40.4 Å². The molecule has 2 aromatic heterocycles. The van der Waals surface area contributed by atoms with E-state index in [4.69, 9.17) is 23.2 Å². The van der Waals surface area contributed by atoms with Crippen LogP contribution in [-0.4, -0.2) is 25.7 Å². The maximum atomic E-state index is 12.7. The number of nitrogens with zero attached hydrogens (tertiary/aromatic N) is 5. The lowest BCUT2D eigenvalue weighted by molar-refractivity contribution is 0.809. The molecule has 0 bridgehead atoms. The molecule has 8 heteroatoms. The normalized spacial score (nSPS) is 11.5. The molecule has 0 N–H and O–H groups in total. The minimum Gasteiger partial charge on any atom is -0.266 e. The Bertz CT molecular complexity index is 1160. The molecule has 0 amide bonds. The Morgan fingerprint density at radius 2 is 1.73 bits per heavy atom. The molecule has 0 unspecified atom stereocenters. The average Bonchev–Trinajstić information content (AvgIpc) is 3.08. The molecule has 0 aliphatic carbocycles. The van der Waals surface area contributed by atoms with Crippen LogP contribution in [0.25, 0.3) is 16.7 Å². The predicted molar refractivity (Wildman–Crippen MR) is 103 cm³/mol. The van der Waals surface area contributed by atoms with E-state index in [1.165, 1.54) is 18.7 Å². The molecule has 4 aromatic rings. The molecule has 0 spiro atoms. The molecule has 0 atom stereocenters. The third kappa shape index (κ3) is 2.89. The Hall–Kier alpha value is -2.96. The van der Waals surface area contributed by atoms with Crippen molar-refractivity contribution in [2.45, 2.75) is 0 Å². The lowest BCUT2D eigenvalue weighted by Gasteiger charge is -2.03. The van der Waals surface area contributed by atoms with Gasteiger partial charge in [-0.3, -0.25) is 4.79 Å². The summed E-state index contributed by atoms with van der Waals surface area (Å²) in [4.78, 5) is 17.0. The molecular weight excluding hydrogens is 373 g/mol. The zero-order valence-electron chi connectivity index (χ0n) is 13.3. The zero-order valence-corrected chi connectivity index (χ0v) is 14.8.